The predicted octanol–water partition coefficient (Wildman–Crippen LogP) is 3.82. The molecule has 2 aromatic carbocycles. The number of thiazole rings is 1. The van der Waals surface area contributed by atoms with E-state index in [2.05, 4.69) is 10.3 Å². The Labute approximate surface area is 156 Å². The predicted molar refractivity (Wildman–Crippen MR) is 103 cm³/mol. The molecule has 0 spiro atoms. The Hall–Kier alpha value is -2.86. The van der Waals surface area contributed by atoms with Crippen LogP contribution in [0.3, 0.4) is 0 Å². The van der Waals surface area contributed by atoms with E-state index in [1.807, 2.05) is 60.8 Å². The zero-order chi connectivity index (χ0) is 18.4. The van der Waals surface area contributed by atoms with Crippen molar-refractivity contribution in [1.29, 1.82) is 0 Å². The smallest absolute Gasteiger partial charge is 0.258 e. The molecule has 0 saturated heterocycles. The maximum Gasteiger partial charge on any atom is 0.258 e. The first-order valence-corrected chi connectivity index (χ1v) is 9.07. The van der Waals surface area contributed by atoms with Crippen molar-refractivity contribution in [3.8, 4) is 22.1 Å². The average Bonchev–Trinajstić information content (AvgIpc) is 3.15. The van der Waals surface area contributed by atoms with Gasteiger partial charge in [0.05, 0.1) is 19.3 Å². The van der Waals surface area contributed by atoms with Gasteiger partial charge in [0.1, 0.15) is 16.5 Å². The van der Waals surface area contributed by atoms with Crippen LogP contribution in [0.4, 0.5) is 0 Å². The lowest BCUT2D eigenvalue weighted by atomic mass is 10.2. The minimum absolute atomic E-state index is 0.0153. The quantitative estimate of drug-likeness (QED) is 0.689. The average molecular weight is 368 g/mol. The van der Waals surface area contributed by atoms with Crippen LogP contribution in [0.15, 0.2) is 53.9 Å². The van der Waals surface area contributed by atoms with Gasteiger partial charge in [-0.15, -0.1) is 11.3 Å². The van der Waals surface area contributed by atoms with Crippen LogP contribution < -0.4 is 14.8 Å². The highest BCUT2D eigenvalue weighted by atomic mass is 32.1. The number of benzene rings is 2. The molecule has 3 rings (SSSR count). The molecule has 26 heavy (non-hydrogen) atoms. The summed E-state index contributed by atoms with van der Waals surface area (Å²) < 4.78 is 10.6. The molecule has 0 saturated carbocycles. The van der Waals surface area contributed by atoms with Crippen LogP contribution in [0.2, 0.25) is 0 Å². The summed E-state index contributed by atoms with van der Waals surface area (Å²) in [6.07, 6.45) is 0. The van der Waals surface area contributed by atoms with Gasteiger partial charge in [0.25, 0.3) is 5.91 Å². The number of methoxy groups -OCH3 is 1. The number of aromatic nitrogens is 1. The fourth-order valence-electron chi connectivity index (χ4n) is 2.28. The van der Waals surface area contributed by atoms with E-state index in [4.69, 9.17) is 9.47 Å². The van der Waals surface area contributed by atoms with Gasteiger partial charge in [0, 0.05) is 10.9 Å². The SMILES string of the molecule is COc1ccc(-c2nc(CNC(=O)COc3ccc(C)cc3)cs2)cc1. The lowest BCUT2D eigenvalue weighted by Gasteiger charge is -2.06. The lowest BCUT2D eigenvalue weighted by Crippen LogP contribution is -2.28. The van der Waals surface area contributed by atoms with Crippen LogP contribution in [0.5, 0.6) is 11.5 Å². The molecule has 0 atom stereocenters. The molecule has 3 aromatic rings. The summed E-state index contributed by atoms with van der Waals surface area (Å²) in [6.45, 7) is 2.37. The molecular weight excluding hydrogens is 348 g/mol. The minimum Gasteiger partial charge on any atom is -0.497 e. The van der Waals surface area contributed by atoms with Crippen LogP contribution in [-0.4, -0.2) is 24.6 Å². The molecule has 1 N–H and O–H groups in total. The Bertz CT molecular complexity index is 858. The van der Waals surface area contributed by atoms with Gasteiger partial charge in [-0.25, -0.2) is 4.98 Å². The van der Waals surface area contributed by atoms with E-state index in [0.717, 1.165) is 27.6 Å². The summed E-state index contributed by atoms with van der Waals surface area (Å²) in [4.78, 5) is 16.5. The third-order valence-electron chi connectivity index (χ3n) is 3.75. The fraction of sp³-hybridized carbons (Fsp3) is 0.200. The molecule has 5 nitrogen and oxygen atoms in total. The Balaban J connectivity index is 1.49. The molecule has 0 bridgehead atoms. The number of amides is 1. The maximum absolute atomic E-state index is 11.9. The number of aryl methyl sites for hydroxylation is 1. The van der Waals surface area contributed by atoms with Gasteiger partial charge in [0.2, 0.25) is 0 Å². The largest absolute Gasteiger partial charge is 0.497 e. The van der Waals surface area contributed by atoms with Crippen molar-refractivity contribution in [2.75, 3.05) is 13.7 Å². The molecule has 0 aliphatic carbocycles. The van der Waals surface area contributed by atoms with E-state index in [0.29, 0.717) is 12.3 Å². The van der Waals surface area contributed by atoms with Gasteiger partial charge in [-0.3, -0.25) is 4.79 Å². The minimum atomic E-state index is -0.176. The highest BCUT2D eigenvalue weighted by Crippen LogP contribution is 2.25. The number of hydrogen-bond acceptors (Lipinski definition) is 5. The van der Waals surface area contributed by atoms with Gasteiger partial charge in [0.15, 0.2) is 6.61 Å². The second-order valence-electron chi connectivity index (χ2n) is 5.75. The van der Waals surface area contributed by atoms with E-state index in [1.54, 1.807) is 18.4 Å². The maximum atomic E-state index is 11.9. The van der Waals surface area contributed by atoms with Crippen molar-refractivity contribution in [2.24, 2.45) is 0 Å². The molecular formula is C20H20N2O3S. The van der Waals surface area contributed by atoms with Gasteiger partial charge in [-0.05, 0) is 43.3 Å². The van der Waals surface area contributed by atoms with E-state index in [9.17, 15) is 4.79 Å². The highest BCUT2D eigenvalue weighted by Gasteiger charge is 2.07. The van der Waals surface area contributed by atoms with Crippen LogP contribution in [0, 0.1) is 6.92 Å². The number of hydrogen-bond donors (Lipinski definition) is 1. The van der Waals surface area contributed by atoms with Gasteiger partial charge >= 0.3 is 0 Å². The second-order valence-corrected chi connectivity index (χ2v) is 6.61. The number of nitrogens with zero attached hydrogens (tertiary/aromatic N) is 1. The molecule has 0 aliphatic rings. The Morgan fingerprint density at radius 2 is 1.77 bits per heavy atom. The topological polar surface area (TPSA) is 60.5 Å². The Morgan fingerprint density at radius 1 is 1.08 bits per heavy atom. The number of ether oxygens (including phenoxy) is 2. The molecule has 0 radical (unpaired) electrons. The van der Waals surface area contributed by atoms with Crippen LogP contribution in [-0.2, 0) is 11.3 Å². The summed E-state index contributed by atoms with van der Waals surface area (Å²) in [5.74, 6) is 1.32. The van der Waals surface area contributed by atoms with Crippen molar-refractivity contribution in [3.05, 3.63) is 65.2 Å². The molecule has 1 heterocycles. The van der Waals surface area contributed by atoms with Crippen molar-refractivity contribution in [1.82, 2.24) is 10.3 Å². The van der Waals surface area contributed by atoms with E-state index in [-0.39, 0.29) is 12.5 Å². The van der Waals surface area contributed by atoms with Gasteiger partial charge in [-0.2, -0.15) is 0 Å². The van der Waals surface area contributed by atoms with Gasteiger partial charge in [-0.1, -0.05) is 17.7 Å². The van der Waals surface area contributed by atoms with Crippen molar-refractivity contribution in [2.45, 2.75) is 13.5 Å². The lowest BCUT2D eigenvalue weighted by molar-refractivity contribution is -0.123. The number of nitrogens with one attached hydrogen (secondary N) is 1. The summed E-state index contributed by atoms with van der Waals surface area (Å²) >= 11 is 1.54. The first-order valence-electron chi connectivity index (χ1n) is 8.19. The molecule has 1 amide bonds. The number of carbonyl (C=O) groups excluding carboxylic acids is 1. The van der Waals surface area contributed by atoms with Crippen LogP contribution in [0.1, 0.15) is 11.3 Å². The van der Waals surface area contributed by atoms with E-state index < -0.39 is 0 Å². The summed E-state index contributed by atoms with van der Waals surface area (Å²) in [5.41, 5.74) is 3.00. The molecule has 6 heteroatoms. The Morgan fingerprint density at radius 3 is 2.46 bits per heavy atom. The molecule has 134 valence electrons. The molecule has 0 aliphatic heterocycles. The number of rotatable bonds is 7. The number of carbonyl (C=O) groups is 1. The van der Waals surface area contributed by atoms with E-state index >= 15 is 0 Å². The van der Waals surface area contributed by atoms with Crippen LogP contribution in [0.25, 0.3) is 10.6 Å². The van der Waals surface area contributed by atoms with Crippen molar-refractivity contribution < 1.29 is 14.3 Å². The monoisotopic (exact) mass is 368 g/mol. The van der Waals surface area contributed by atoms with Crippen LogP contribution >= 0.6 is 11.3 Å². The summed E-state index contributed by atoms with van der Waals surface area (Å²) in [6, 6.07) is 15.3. The van der Waals surface area contributed by atoms with Crippen molar-refractivity contribution >= 4 is 17.2 Å². The van der Waals surface area contributed by atoms with E-state index in [1.165, 1.54) is 0 Å². The molecule has 1 aromatic heterocycles. The third-order valence-corrected chi connectivity index (χ3v) is 4.69. The summed E-state index contributed by atoms with van der Waals surface area (Å²) in [5, 5.41) is 5.68. The van der Waals surface area contributed by atoms with Gasteiger partial charge < -0.3 is 14.8 Å². The highest BCUT2D eigenvalue weighted by molar-refractivity contribution is 7.13. The molecule has 0 unspecified atom stereocenters. The zero-order valence-electron chi connectivity index (χ0n) is 14.7. The second kappa shape index (κ2) is 8.49. The molecule has 0 fully saturated rings. The zero-order valence-corrected chi connectivity index (χ0v) is 15.5. The Kier molecular flexibility index (Phi) is 5.86. The first kappa shape index (κ1) is 17.9. The standard InChI is InChI=1S/C20H20N2O3S/c1-14-3-7-18(8-4-14)25-12-19(23)21-11-16-13-26-20(22-16)15-5-9-17(24-2)10-6-15/h3-10,13H,11-12H2,1-2H3,(H,21,23). The first-order chi connectivity index (χ1) is 12.6. The normalized spacial score (nSPS) is 10.4. The van der Waals surface area contributed by atoms with Crippen molar-refractivity contribution in [3.63, 3.8) is 0 Å². The fourth-order valence-corrected chi connectivity index (χ4v) is 3.10. The third kappa shape index (κ3) is 4.83. The summed E-state index contributed by atoms with van der Waals surface area (Å²) in [7, 11) is 1.64.